The molecule has 1 heterocycles. The summed E-state index contributed by atoms with van der Waals surface area (Å²) in [5.41, 5.74) is -3.64. The lowest BCUT2D eigenvalue weighted by Crippen LogP contribution is -2.33. The number of aryl methyl sites for hydroxylation is 1. The van der Waals surface area contributed by atoms with Crippen LogP contribution in [0.25, 0.3) is 10.8 Å². The van der Waals surface area contributed by atoms with E-state index in [9.17, 15) is 81.9 Å². The monoisotopic (exact) mass is 1040 g/mol. The van der Waals surface area contributed by atoms with Crippen LogP contribution in [0.3, 0.4) is 0 Å². The number of aliphatic hydroxyl groups is 2. The van der Waals surface area contributed by atoms with E-state index in [1.54, 1.807) is 6.92 Å². The second kappa shape index (κ2) is 19.8. The highest BCUT2D eigenvalue weighted by molar-refractivity contribution is 7.87. The average molecular weight is 1040 g/mol. The van der Waals surface area contributed by atoms with Gasteiger partial charge in [0.1, 0.15) is 67.8 Å². The predicted molar refractivity (Wildman–Crippen MR) is 233 cm³/mol. The molecule has 0 saturated heterocycles. The van der Waals surface area contributed by atoms with Crippen LogP contribution in [-0.4, -0.2) is 122 Å². The van der Waals surface area contributed by atoms with E-state index in [0.29, 0.717) is 16.6 Å². The number of aromatic hydroxyl groups is 1. The highest BCUT2D eigenvalue weighted by Crippen LogP contribution is 2.47. The minimum atomic E-state index is -5.57. The van der Waals surface area contributed by atoms with Gasteiger partial charge in [0.15, 0.2) is 11.5 Å². The number of carboxylic acids is 1. The zero-order valence-electron chi connectivity index (χ0n) is 34.5. The molecule has 8 N–H and O–H groups in total. The fourth-order valence-electron chi connectivity index (χ4n) is 6.16. The van der Waals surface area contributed by atoms with E-state index in [0.717, 1.165) is 54.6 Å². The Labute approximate surface area is 388 Å². The quantitative estimate of drug-likeness (QED) is 0.0446. The molecular weight excluding hydrogens is 1000 g/mol. The van der Waals surface area contributed by atoms with E-state index in [4.69, 9.17) is 9.47 Å². The smallest absolute Gasteiger partial charge is 0.355 e. The summed E-state index contributed by atoms with van der Waals surface area (Å²) in [5.74, 6) is -4.83. The van der Waals surface area contributed by atoms with Crippen LogP contribution in [0.4, 0.5) is 34.1 Å². The summed E-state index contributed by atoms with van der Waals surface area (Å²) in [4.78, 5) is 21.6. The number of amides is 1. The molecule has 5 aromatic rings. The Bertz CT molecular complexity index is 3510. The normalized spacial score (nSPS) is 14.9. The number of ether oxygens (including phenoxy) is 2. The molecular formula is C37H32N8O20S4. The Kier molecular flexibility index (Phi) is 14.6. The van der Waals surface area contributed by atoms with Crippen LogP contribution < -0.4 is 14.5 Å². The van der Waals surface area contributed by atoms with E-state index in [1.165, 1.54) is 12.1 Å². The highest BCUT2D eigenvalue weighted by Gasteiger charge is 2.41. The first kappa shape index (κ1) is 51.1. The maximum atomic E-state index is 13.3. The number of anilines is 1. The first-order valence-electron chi connectivity index (χ1n) is 18.7. The molecule has 1 amide bonds. The van der Waals surface area contributed by atoms with E-state index < -0.39 is 138 Å². The Hall–Kier alpha value is -7.27. The van der Waals surface area contributed by atoms with Crippen molar-refractivity contribution in [3.63, 3.8) is 0 Å². The zero-order valence-corrected chi connectivity index (χ0v) is 37.8. The Morgan fingerprint density at radius 1 is 0.652 bits per heavy atom. The third kappa shape index (κ3) is 11.4. The molecule has 0 bridgehead atoms. The molecule has 364 valence electrons. The second-order valence-electron chi connectivity index (χ2n) is 13.8. The topological polar surface area (TPSA) is 441 Å². The van der Waals surface area contributed by atoms with Crippen LogP contribution in [0, 0.1) is 6.92 Å². The number of carbonyl (C=O) groups is 2. The summed E-state index contributed by atoms with van der Waals surface area (Å²) < 4.78 is 149. The van der Waals surface area contributed by atoms with Crippen molar-refractivity contribution in [2.24, 2.45) is 35.8 Å². The molecule has 1 aliphatic rings. The molecule has 1 unspecified atom stereocenters. The molecule has 69 heavy (non-hydrogen) atoms. The van der Waals surface area contributed by atoms with Gasteiger partial charge >= 0.3 is 5.97 Å². The van der Waals surface area contributed by atoms with Crippen LogP contribution >= 0.6 is 0 Å². The molecule has 5 aromatic carbocycles. The van der Waals surface area contributed by atoms with Gasteiger partial charge in [-0.3, -0.25) is 23.0 Å². The van der Waals surface area contributed by atoms with Crippen LogP contribution in [0.2, 0.25) is 0 Å². The number of aliphatic hydroxyl groups excluding tert-OH is 2. The maximum Gasteiger partial charge on any atom is 0.355 e. The standard InChI is InChI=1S/C37H32N8O20S4/c1-18-2-8-23(29(14-18)67(55,56)57)38-40-25-16-28(65-13-11-47)26(17-27(25)64-12-10-46)41-42-31-30(68(58,59)60)15-22-21(34(31)48)7-9-24(35(22)69(61,62)63)39-43-32-33(37(50)51)44-45(36(32)49)19-3-5-20(6-4-19)66(52,53)54/h2-9,14-17,32,46-48H,10-13H2,1H3,(H,50,51)(H,52,53,54)(H,55,56,57)(H,58,59,60)(H,61,62,63)/b40-38?,42-41?,43-39+. The van der Waals surface area contributed by atoms with Crippen molar-refractivity contribution in [1.29, 1.82) is 0 Å². The van der Waals surface area contributed by atoms with Crippen molar-refractivity contribution >= 4 is 103 Å². The van der Waals surface area contributed by atoms with Gasteiger partial charge in [0.2, 0.25) is 6.04 Å². The highest BCUT2D eigenvalue weighted by atomic mass is 32.2. The van der Waals surface area contributed by atoms with Gasteiger partial charge in [-0.1, -0.05) is 6.07 Å². The predicted octanol–water partition coefficient (Wildman–Crippen LogP) is 4.35. The number of azo groups is 3. The van der Waals surface area contributed by atoms with Gasteiger partial charge in [0.25, 0.3) is 46.4 Å². The molecule has 0 radical (unpaired) electrons. The van der Waals surface area contributed by atoms with E-state index in [2.05, 4.69) is 35.8 Å². The van der Waals surface area contributed by atoms with Crippen LogP contribution in [0.1, 0.15) is 5.56 Å². The number of fused-ring (bicyclic) bond motifs is 1. The molecule has 32 heteroatoms. The number of hydrogen-bond donors (Lipinski definition) is 8. The van der Waals surface area contributed by atoms with Gasteiger partial charge in [0.05, 0.1) is 23.8 Å². The number of carbonyl (C=O) groups excluding carboxylic acids is 1. The Morgan fingerprint density at radius 3 is 1.72 bits per heavy atom. The Morgan fingerprint density at radius 2 is 1.20 bits per heavy atom. The molecule has 0 aromatic heterocycles. The number of rotatable bonds is 18. The van der Waals surface area contributed by atoms with Crippen LogP contribution in [0.15, 0.2) is 128 Å². The third-order valence-corrected chi connectivity index (χ3v) is 12.7. The number of aliphatic carboxylic acids is 1. The maximum absolute atomic E-state index is 13.3. The summed E-state index contributed by atoms with van der Waals surface area (Å²) in [6.45, 7) is -0.432. The first-order chi connectivity index (χ1) is 32.2. The number of hydrazone groups is 1. The lowest BCUT2D eigenvalue weighted by molar-refractivity contribution is -0.130. The third-order valence-electron chi connectivity index (χ3n) is 9.14. The molecule has 0 fully saturated rings. The minimum Gasteiger partial charge on any atom is -0.505 e. The molecule has 0 aliphatic carbocycles. The van der Waals surface area contributed by atoms with E-state index in [-0.39, 0.29) is 34.2 Å². The second-order valence-corrected chi connectivity index (χ2v) is 19.4. The molecule has 28 nitrogen and oxygen atoms in total. The zero-order chi connectivity index (χ0) is 50.8. The summed E-state index contributed by atoms with van der Waals surface area (Å²) in [7, 11) is -20.6. The lowest BCUT2D eigenvalue weighted by Gasteiger charge is -2.14. The van der Waals surface area contributed by atoms with Gasteiger partial charge < -0.3 is 29.9 Å². The number of benzene rings is 5. The van der Waals surface area contributed by atoms with Gasteiger partial charge in [-0.15, -0.1) is 20.5 Å². The van der Waals surface area contributed by atoms with Crippen molar-refractivity contribution in [2.45, 2.75) is 32.5 Å². The fourth-order valence-corrected chi connectivity index (χ4v) is 8.81. The first-order valence-corrected chi connectivity index (χ1v) is 24.5. The lowest BCUT2D eigenvalue weighted by atomic mass is 10.1. The van der Waals surface area contributed by atoms with Crippen molar-refractivity contribution in [1.82, 2.24) is 0 Å². The van der Waals surface area contributed by atoms with Crippen LogP contribution in [0.5, 0.6) is 17.2 Å². The summed E-state index contributed by atoms with van der Waals surface area (Å²) in [5, 5.41) is 65.7. The number of carboxylic acid groups (broad SMARTS) is 1. The largest absolute Gasteiger partial charge is 0.505 e. The average Bonchev–Trinajstić information content (AvgIpc) is 3.60. The van der Waals surface area contributed by atoms with Crippen LogP contribution in [-0.2, 0) is 50.1 Å². The molecule has 0 spiro atoms. The number of phenolic OH excluding ortho intramolecular Hbond substituents is 1. The van der Waals surface area contributed by atoms with Gasteiger partial charge in [-0.25, -0.2) is 4.79 Å². The minimum absolute atomic E-state index is 0.213. The summed E-state index contributed by atoms with van der Waals surface area (Å²) >= 11 is 0. The number of phenols is 1. The molecule has 1 atom stereocenters. The molecule has 1 aliphatic heterocycles. The molecule has 6 rings (SSSR count). The van der Waals surface area contributed by atoms with Crippen molar-refractivity contribution in [3.8, 4) is 17.2 Å². The van der Waals surface area contributed by atoms with E-state index >= 15 is 0 Å². The van der Waals surface area contributed by atoms with Gasteiger partial charge in [-0.2, -0.15) is 54.0 Å². The summed E-state index contributed by atoms with van der Waals surface area (Å²) in [6, 6.07) is 9.60. The van der Waals surface area contributed by atoms with Gasteiger partial charge in [0, 0.05) is 22.9 Å². The molecule has 0 saturated carbocycles. The fraction of sp³-hybridized carbons (Fsp3) is 0.162. The van der Waals surface area contributed by atoms with Gasteiger partial charge in [-0.05, 0) is 67.1 Å². The van der Waals surface area contributed by atoms with Crippen molar-refractivity contribution in [3.05, 3.63) is 78.4 Å². The SMILES string of the molecule is Cc1ccc(N=Nc2cc(OCCO)c(N=Nc3c(S(=O)(=O)O)cc4c(S(=O)(=O)O)c(/N=N/C5C(=O)N(c6ccc(S(=O)(=O)O)cc6)N=C5C(=O)O)ccc4c3O)cc2OCCO)c(S(=O)(=O)O)c1. The van der Waals surface area contributed by atoms with Crippen molar-refractivity contribution < 1.29 is 91.4 Å². The van der Waals surface area contributed by atoms with E-state index in [1.807, 2.05) is 0 Å². The number of hydrogen-bond acceptors (Lipinski definition) is 22. The number of nitrogens with zero attached hydrogens (tertiary/aromatic N) is 8. The summed E-state index contributed by atoms with van der Waals surface area (Å²) in [6.07, 6.45) is 0. The van der Waals surface area contributed by atoms with Crippen molar-refractivity contribution in [2.75, 3.05) is 31.4 Å². The Balaban J connectivity index is 1.46.